The van der Waals surface area contributed by atoms with Crippen molar-refractivity contribution in [1.82, 2.24) is 0 Å². The molecule has 1 aromatic rings. The summed E-state index contributed by atoms with van der Waals surface area (Å²) in [5.74, 6) is 0.318. The van der Waals surface area contributed by atoms with Crippen LogP contribution in [0.4, 0.5) is 0 Å². The summed E-state index contributed by atoms with van der Waals surface area (Å²) >= 11 is 1.63. The summed E-state index contributed by atoms with van der Waals surface area (Å²) in [5.41, 5.74) is 1.09. The lowest BCUT2D eigenvalue weighted by Gasteiger charge is -2.04. The van der Waals surface area contributed by atoms with Crippen LogP contribution in [-0.2, 0) is 0 Å². The van der Waals surface area contributed by atoms with Crippen LogP contribution in [0.3, 0.4) is 0 Å². The van der Waals surface area contributed by atoms with Gasteiger partial charge < -0.3 is 5.11 Å². The van der Waals surface area contributed by atoms with Crippen molar-refractivity contribution in [3.63, 3.8) is 0 Å². The zero-order valence-electron chi connectivity index (χ0n) is 7.29. The van der Waals surface area contributed by atoms with E-state index in [0.717, 1.165) is 15.4 Å². The predicted octanol–water partition coefficient (Wildman–Crippen LogP) is 3.33. The van der Waals surface area contributed by atoms with Crippen LogP contribution >= 0.6 is 11.8 Å². The van der Waals surface area contributed by atoms with Crippen LogP contribution < -0.4 is 0 Å². The molecule has 0 aliphatic heterocycles. The highest BCUT2D eigenvalue weighted by atomic mass is 32.2. The van der Waals surface area contributed by atoms with Gasteiger partial charge in [-0.2, -0.15) is 0 Å². The zero-order valence-corrected chi connectivity index (χ0v) is 8.11. The van der Waals surface area contributed by atoms with Gasteiger partial charge in [0.15, 0.2) is 0 Å². The molecule has 0 atom stereocenters. The van der Waals surface area contributed by atoms with Crippen LogP contribution in [-0.4, -0.2) is 5.11 Å². The summed E-state index contributed by atoms with van der Waals surface area (Å²) in [5, 5.41) is 9.14. The van der Waals surface area contributed by atoms with Crippen LogP contribution in [0.25, 0.3) is 0 Å². The van der Waals surface area contributed by atoms with Crippen molar-refractivity contribution in [1.29, 1.82) is 0 Å². The number of rotatable bonds is 2. The Morgan fingerprint density at radius 1 is 1.50 bits per heavy atom. The molecule has 0 radical (unpaired) electrons. The molecule has 1 N–H and O–H groups in total. The maximum Gasteiger partial charge on any atom is 0.115 e. The first kappa shape index (κ1) is 9.20. The quantitative estimate of drug-likeness (QED) is 0.704. The van der Waals surface area contributed by atoms with Crippen molar-refractivity contribution in [3.8, 4) is 5.75 Å². The van der Waals surface area contributed by atoms with E-state index in [9.17, 15) is 0 Å². The number of hydrogen-bond acceptors (Lipinski definition) is 2. The van der Waals surface area contributed by atoms with Gasteiger partial charge in [-0.1, -0.05) is 18.3 Å². The highest BCUT2D eigenvalue weighted by Crippen LogP contribution is 2.29. The van der Waals surface area contributed by atoms with Crippen molar-refractivity contribution < 1.29 is 5.11 Å². The Bertz CT molecular complexity index is 305. The summed E-state index contributed by atoms with van der Waals surface area (Å²) in [6.07, 6.45) is 0. The molecule has 0 unspecified atom stereocenters. The van der Waals surface area contributed by atoms with Gasteiger partial charge in [0.25, 0.3) is 0 Å². The maximum atomic E-state index is 9.14. The Morgan fingerprint density at radius 2 is 2.17 bits per heavy atom. The van der Waals surface area contributed by atoms with Gasteiger partial charge in [-0.3, -0.25) is 0 Å². The average Bonchev–Trinajstić information content (AvgIpc) is 1.94. The van der Waals surface area contributed by atoms with E-state index >= 15 is 0 Å². The van der Waals surface area contributed by atoms with Crippen molar-refractivity contribution in [2.24, 2.45) is 0 Å². The molecular formula is C10H12OS. The van der Waals surface area contributed by atoms with Crippen LogP contribution in [0.2, 0.25) is 0 Å². The maximum absolute atomic E-state index is 9.14. The van der Waals surface area contributed by atoms with Crippen molar-refractivity contribution in [2.75, 3.05) is 0 Å². The smallest absolute Gasteiger partial charge is 0.115 e. The number of aryl methyl sites for hydroxylation is 1. The molecule has 0 aromatic heterocycles. The third kappa shape index (κ3) is 2.31. The third-order valence-corrected chi connectivity index (χ3v) is 2.47. The monoisotopic (exact) mass is 180 g/mol. The second-order valence-corrected chi connectivity index (χ2v) is 4.09. The number of hydrogen-bond donors (Lipinski definition) is 1. The van der Waals surface area contributed by atoms with Gasteiger partial charge in [0, 0.05) is 4.90 Å². The van der Waals surface area contributed by atoms with Gasteiger partial charge in [0.1, 0.15) is 5.75 Å². The number of allylic oxidation sites excluding steroid dienone is 1. The van der Waals surface area contributed by atoms with E-state index in [1.54, 1.807) is 23.9 Å². The van der Waals surface area contributed by atoms with E-state index in [0.29, 0.717) is 5.75 Å². The lowest BCUT2D eigenvalue weighted by molar-refractivity contribution is 0.474. The predicted molar refractivity (Wildman–Crippen MR) is 53.5 cm³/mol. The summed E-state index contributed by atoms with van der Waals surface area (Å²) < 4.78 is 0. The molecule has 0 aliphatic carbocycles. The Kier molecular flexibility index (Phi) is 2.82. The topological polar surface area (TPSA) is 20.2 Å². The fourth-order valence-corrected chi connectivity index (χ4v) is 1.67. The first-order valence-corrected chi connectivity index (χ1v) is 4.54. The van der Waals surface area contributed by atoms with E-state index in [4.69, 9.17) is 5.11 Å². The molecule has 0 saturated heterocycles. The fourth-order valence-electron chi connectivity index (χ4n) is 0.936. The van der Waals surface area contributed by atoms with Crippen molar-refractivity contribution in [3.05, 3.63) is 35.2 Å². The molecule has 64 valence electrons. The van der Waals surface area contributed by atoms with Crippen LogP contribution in [0.1, 0.15) is 12.5 Å². The molecule has 0 aliphatic rings. The summed E-state index contributed by atoms with van der Waals surface area (Å²) in [4.78, 5) is 2.21. The number of benzene rings is 1. The van der Waals surface area contributed by atoms with E-state index in [2.05, 4.69) is 6.58 Å². The standard InChI is InChI=1S/C10H12OS/c1-7(2)12-10-5-4-9(11)6-8(10)3/h4-6,11H,1H2,2-3H3. The first-order valence-electron chi connectivity index (χ1n) is 3.72. The molecule has 0 saturated carbocycles. The number of phenolic OH excluding ortho intramolecular Hbond substituents is 1. The zero-order chi connectivity index (χ0) is 9.14. The number of thioether (sulfide) groups is 1. The largest absolute Gasteiger partial charge is 0.508 e. The third-order valence-electron chi connectivity index (χ3n) is 1.44. The lowest BCUT2D eigenvalue weighted by atomic mass is 10.2. The minimum absolute atomic E-state index is 0.318. The Hall–Kier alpha value is -0.890. The minimum atomic E-state index is 0.318. The number of phenols is 1. The number of aromatic hydroxyl groups is 1. The van der Waals surface area contributed by atoms with E-state index in [1.165, 1.54) is 0 Å². The molecule has 0 amide bonds. The molecule has 1 rings (SSSR count). The van der Waals surface area contributed by atoms with Gasteiger partial charge in [0.05, 0.1) is 0 Å². The molecule has 0 fully saturated rings. The highest BCUT2D eigenvalue weighted by Gasteiger charge is 1.99. The average molecular weight is 180 g/mol. The summed E-state index contributed by atoms with van der Waals surface area (Å²) in [7, 11) is 0. The second-order valence-electron chi connectivity index (χ2n) is 2.75. The van der Waals surface area contributed by atoms with Crippen LogP contribution in [0.5, 0.6) is 5.75 Å². The van der Waals surface area contributed by atoms with Crippen molar-refractivity contribution in [2.45, 2.75) is 18.7 Å². The Labute approximate surface area is 77.1 Å². The van der Waals surface area contributed by atoms with E-state index in [1.807, 2.05) is 19.9 Å². The molecule has 12 heavy (non-hydrogen) atoms. The molecule has 0 bridgehead atoms. The highest BCUT2D eigenvalue weighted by molar-refractivity contribution is 8.03. The normalized spacial score (nSPS) is 9.83. The SMILES string of the molecule is C=C(C)Sc1ccc(O)cc1C. The molecular weight excluding hydrogens is 168 g/mol. The molecule has 1 nitrogen and oxygen atoms in total. The molecule has 0 heterocycles. The van der Waals surface area contributed by atoms with Crippen LogP contribution in [0, 0.1) is 6.92 Å². The molecule has 0 spiro atoms. The van der Waals surface area contributed by atoms with Crippen molar-refractivity contribution >= 4 is 11.8 Å². The minimum Gasteiger partial charge on any atom is -0.508 e. The second kappa shape index (κ2) is 3.68. The van der Waals surface area contributed by atoms with Gasteiger partial charge in [0.2, 0.25) is 0 Å². The van der Waals surface area contributed by atoms with Gasteiger partial charge in [-0.05, 0) is 42.5 Å². The molecule has 2 heteroatoms. The van der Waals surface area contributed by atoms with Crippen LogP contribution in [0.15, 0.2) is 34.6 Å². The Morgan fingerprint density at radius 3 is 2.67 bits per heavy atom. The van der Waals surface area contributed by atoms with E-state index < -0.39 is 0 Å². The van der Waals surface area contributed by atoms with Gasteiger partial charge >= 0.3 is 0 Å². The summed E-state index contributed by atoms with van der Waals surface area (Å²) in [6, 6.07) is 5.35. The Balaban J connectivity index is 2.93. The first-order chi connectivity index (χ1) is 5.59. The molecule has 1 aromatic carbocycles. The van der Waals surface area contributed by atoms with E-state index in [-0.39, 0.29) is 0 Å². The van der Waals surface area contributed by atoms with Gasteiger partial charge in [-0.25, -0.2) is 0 Å². The van der Waals surface area contributed by atoms with Gasteiger partial charge in [-0.15, -0.1) is 0 Å². The lowest BCUT2D eigenvalue weighted by Crippen LogP contribution is -1.78. The fraction of sp³-hybridized carbons (Fsp3) is 0.200. The summed E-state index contributed by atoms with van der Waals surface area (Å²) in [6.45, 7) is 7.76.